The molecule has 104 valence electrons. The van der Waals surface area contributed by atoms with E-state index in [0.717, 1.165) is 17.1 Å². The standard InChI is InChI=1S/C13H15N5OS/c1-8-4-3-5-10(9(8)2)19-7-6-11-15-16-13-18(11)17-12(14)20-13/h3-5H,6-7H2,1-2H3,(H2,14,17). The fraction of sp³-hybridized carbons (Fsp3) is 0.308. The monoisotopic (exact) mass is 289 g/mol. The van der Waals surface area contributed by atoms with Gasteiger partial charge in [0.15, 0.2) is 5.82 Å². The van der Waals surface area contributed by atoms with Gasteiger partial charge < -0.3 is 10.5 Å². The van der Waals surface area contributed by atoms with E-state index in [9.17, 15) is 0 Å². The Labute approximate surface area is 120 Å². The summed E-state index contributed by atoms with van der Waals surface area (Å²) in [5, 5.41) is 12.8. The Morgan fingerprint density at radius 3 is 3.00 bits per heavy atom. The van der Waals surface area contributed by atoms with Crippen molar-refractivity contribution in [1.29, 1.82) is 0 Å². The maximum Gasteiger partial charge on any atom is 0.236 e. The molecule has 2 aromatic heterocycles. The molecular formula is C13H15N5OS. The number of aromatic nitrogens is 4. The molecular weight excluding hydrogens is 274 g/mol. The molecule has 0 amide bonds. The van der Waals surface area contributed by atoms with Gasteiger partial charge in [-0.2, -0.15) is 4.52 Å². The van der Waals surface area contributed by atoms with Crippen molar-refractivity contribution in [1.82, 2.24) is 19.8 Å². The van der Waals surface area contributed by atoms with Gasteiger partial charge in [-0.3, -0.25) is 0 Å². The maximum absolute atomic E-state index is 5.81. The van der Waals surface area contributed by atoms with E-state index in [2.05, 4.69) is 35.2 Å². The second-order valence-corrected chi connectivity index (χ2v) is 5.53. The Hall–Kier alpha value is -2.15. The quantitative estimate of drug-likeness (QED) is 0.795. The molecule has 0 aliphatic carbocycles. The first-order valence-corrected chi connectivity index (χ1v) is 7.12. The molecule has 7 heteroatoms. The SMILES string of the molecule is Cc1cccc(OCCc2nnc3sc(N)nn23)c1C. The average Bonchev–Trinajstić information content (AvgIpc) is 2.95. The highest BCUT2D eigenvalue weighted by Crippen LogP contribution is 2.21. The molecule has 6 nitrogen and oxygen atoms in total. The predicted octanol–water partition coefficient (Wildman–Crippen LogP) is 2.01. The summed E-state index contributed by atoms with van der Waals surface area (Å²) in [4.78, 5) is 0.712. The van der Waals surface area contributed by atoms with Gasteiger partial charge in [-0.15, -0.1) is 15.3 Å². The summed E-state index contributed by atoms with van der Waals surface area (Å²) in [7, 11) is 0. The first-order chi connectivity index (χ1) is 9.65. The van der Waals surface area contributed by atoms with Crippen molar-refractivity contribution in [3.05, 3.63) is 35.2 Å². The van der Waals surface area contributed by atoms with Crippen molar-refractivity contribution in [2.75, 3.05) is 12.3 Å². The number of nitrogens with two attached hydrogens (primary N) is 1. The number of hydrogen-bond donors (Lipinski definition) is 1. The second kappa shape index (κ2) is 5.09. The normalized spacial score (nSPS) is 11.1. The average molecular weight is 289 g/mol. The Balaban J connectivity index is 1.69. The molecule has 1 aromatic carbocycles. The van der Waals surface area contributed by atoms with Crippen LogP contribution in [0.25, 0.3) is 4.96 Å². The number of nitrogen functional groups attached to an aromatic ring is 1. The van der Waals surface area contributed by atoms with Crippen LogP contribution in [0.1, 0.15) is 17.0 Å². The zero-order chi connectivity index (χ0) is 14.1. The maximum atomic E-state index is 5.81. The Kier molecular flexibility index (Phi) is 3.27. The van der Waals surface area contributed by atoms with Crippen molar-refractivity contribution < 1.29 is 4.74 Å². The highest BCUT2D eigenvalue weighted by Gasteiger charge is 2.10. The summed E-state index contributed by atoms with van der Waals surface area (Å²) in [6.07, 6.45) is 0.637. The van der Waals surface area contributed by atoms with Crippen LogP contribution in [0.3, 0.4) is 0 Å². The van der Waals surface area contributed by atoms with Crippen LogP contribution in [0, 0.1) is 13.8 Å². The van der Waals surface area contributed by atoms with Gasteiger partial charge in [-0.05, 0) is 31.0 Å². The van der Waals surface area contributed by atoms with Crippen LogP contribution < -0.4 is 10.5 Å². The molecule has 0 aliphatic heterocycles. The number of nitrogens with zero attached hydrogens (tertiary/aromatic N) is 4. The summed E-state index contributed by atoms with van der Waals surface area (Å²) in [6, 6.07) is 6.04. The lowest BCUT2D eigenvalue weighted by Gasteiger charge is -2.09. The van der Waals surface area contributed by atoms with Crippen molar-refractivity contribution in [2.45, 2.75) is 20.3 Å². The molecule has 0 spiro atoms. The molecule has 0 radical (unpaired) electrons. The minimum atomic E-state index is 0.492. The van der Waals surface area contributed by atoms with Crippen LogP contribution in [0.2, 0.25) is 0 Å². The van der Waals surface area contributed by atoms with E-state index in [4.69, 9.17) is 10.5 Å². The van der Waals surface area contributed by atoms with Gasteiger partial charge in [0, 0.05) is 6.42 Å². The number of ether oxygens (including phenoxy) is 1. The first-order valence-electron chi connectivity index (χ1n) is 6.31. The number of benzene rings is 1. The number of fused-ring (bicyclic) bond motifs is 1. The lowest BCUT2D eigenvalue weighted by atomic mass is 10.1. The van der Waals surface area contributed by atoms with Crippen molar-refractivity contribution in [3.8, 4) is 5.75 Å². The second-order valence-electron chi connectivity index (χ2n) is 4.55. The highest BCUT2D eigenvalue weighted by atomic mass is 32.1. The largest absolute Gasteiger partial charge is 0.493 e. The van der Waals surface area contributed by atoms with Gasteiger partial charge >= 0.3 is 0 Å². The molecule has 0 fully saturated rings. The van der Waals surface area contributed by atoms with Gasteiger partial charge in [0.2, 0.25) is 10.1 Å². The van der Waals surface area contributed by atoms with Crippen LogP contribution in [-0.4, -0.2) is 26.4 Å². The van der Waals surface area contributed by atoms with Crippen LogP contribution >= 0.6 is 11.3 Å². The van der Waals surface area contributed by atoms with Crippen LogP contribution in [0.15, 0.2) is 18.2 Å². The molecule has 2 N–H and O–H groups in total. The molecule has 20 heavy (non-hydrogen) atoms. The predicted molar refractivity (Wildman–Crippen MR) is 78.2 cm³/mol. The number of anilines is 1. The third-order valence-corrected chi connectivity index (χ3v) is 3.94. The molecule has 0 unspecified atom stereocenters. The van der Waals surface area contributed by atoms with E-state index in [1.54, 1.807) is 4.52 Å². The smallest absolute Gasteiger partial charge is 0.236 e. The molecule has 3 aromatic rings. The molecule has 3 rings (SSSR count). The van der Waals surface area contributed by atoms with E-state index in [0.29, 0.717) is 23.1 Å². The van der Waals surface area contributed by atoms with Crippen LogP contribution in [0.5, 0.6) is 5.75 Å². The summed E-state index contributed by atoms with van der Waals surface area (Å²) in [5.41, 5.74) is 8.03. The Morgan fingerprint density at radius 1 is 1.30 bits per heavy atom. The van der Waals surface area contributed by atoms with E-state index in [1.165, 1.54) is 16.9 Å². The summed E-state index contributed by atoms with van der Waals surface area (Å²) < 4.78 is 7.48. The third-order valence-electron chi connectivity index (χ3n) is 3.21. The van der Waals surface area contributed by atoms with Gasteiger partial charge in [0.25, 0.3) is 0 Å². The molecule has 0 bridgehead atoms. The lowest BCUT2D eigenvalue weighted by molar-refractivity contribution is 0.315. The van der Waals surface area contributed by atoms with Crippen molar-refractivity contribution >= 4 is 21.4 Å². The molecule has 2 heterocycles. The summed E-state index contributed by atoms with van der Waals surface area (Å²) >= 11 is 1.32. The highest BCUT2D eigenvalue weighted by molar-refractivity contribution is 7.20. The van der Waals surface area contributed by atoms with E-state index in [-0.39, 0.29) is 0 Å². The fourth-order valence-electron chi connectivity index (χ4n) is 1.96. The Bertz CT molecular complexity index is 748. The van der Waals surface area contributed by atoms with E-state index < -0.39 is 0 Å². The van der Waals surface area contributed by atoms with Crippen LogP contribution in [0.4, 0.5) is 5.13 Å². The molecule has 0 aliphatic rings. The number of hydrogen-bond acceptors (Lipinski definition) is 6. The minimum absolute atomic E-state index is 0.492. The zero-order valence-electron chi connectivity index (χ0n) is 11.3. The summed E-state index contributed by atoms with van der Waals surface area (Å²) in [5.74, 6) is 1.67. The molecule has 0 saturated heterocycles. The minimum Gasteiger partial charge on any atom is -0.493 e. The third kappa shape index (κ3) is 2.32. The zero-order valence-corrected chi connectivity index (χ0v) is 12.1. The lowest BCUT2D eigenvalue weighted by Crippen LogP contribution is -2.06. The first kappa shape index (κ1) is 12.9. The van der Waals surface area contributed by atoms with E-state index in [1.807, 2.05) is 12.1 Å². The number of rotatable bonds is 4. The van der Waals surface area contributed by atoms with Gasteiger partial charge in [-0.25, -0.2) is 0 Å². The van der Waals surface area contributed by atoms with Crippen molar-refractivity contribution in [2.24, 2.45) is 0 Å². The number of aryl methyl sites for hydroxylation is 1. The van der Waals surface area contributed by atoms with Crippen LogP contribution in [-0.2, 0) is 6.42 Å². The van der Waals surface area contributed by atoms with Gasteiger partial charge in [0.05, 0.1) is 6.61 Å². The van der Waals surface area contributed by atoms with Gasteiger partial charge in [-0.1, -0.05) is 23.5 Å². The Morgan fingerprint density at radius 2 is 2.15 bits per heavy atom. The van der Waals surface area contributed by atoms with E-state index >= 15 is 0 Å². The molecule has 0 saturated carbocycles. The fourth-order valence-corrected chi connectivity index (χ4v) is 2.58. The topological polar surface area (TPSA) is 78.3 Å². The molecule has 0 atom stereocenters. The van der Waals surface area contributed by atoms with Gasteiger partial charge in [0.1, 0.15) is 5.75 Å². The summed E-state index contributed by atoms with van der Waals surface area (Å²) in [6.45, 7) is 4.66. The van der Waals surface area contributed by atoms with Crippen molar-refractivity contribution in [3.63, 3.8) is 0 Å².